The first-order valence-corrected chi connectivity index (χ1v) is 27.1. The van der Waals surface area contributed by atoms with Gasteiger partial charge < -0.3 is 9.47 Å². The lowest BCUT2D eigenvalue weighted by molar-refractivity contribution is 0.279. The van der Waals surface area contributed by atoms with Gasteiger partial charge in [-0.05, 0) is 176 Å². The van der Waals surface area contributed by atoms with Crippen molar-refractivity contribution in [1.82, 2.24) is 14.1 Å². The van der Waals surface area contributed by atoms with Gasteiger partial charge in [0.2, 0.25) is 0 Å². The number of aryl methyl sites for hydroxylation is 3. The van der Waals surface area contributed by atoms with Crippen LogP contribution in [-0.4, -0.2) is 31.0 Å². The Hall–Kier alpha value is -8.02. The smallest absolute Gasteiger partial charge is 0.145 e. The highest BCUT2D eigenvalue weighted by Gasteiger charge is 2.58. The second-order valence-corrected chi connectivity index (χ2v) is 24.4. The number of amidine groups is 1. The fourth-order valence-corrected chi connectivity index (χ4v) is 12.4. The molecule has 5 heteroatoms. The average molecular weight is 992 g/mol. The Morgan fingerprint density at radius 2 is 1.04 bits per heavy atom. The summed E-state index contributed by atoms with van der Waals surface area (Å²) in [5.74, 6) is 0.925. The van der Waals surface area contributed by atoms with Gasteiger partial charge in [0.1, 0.15) is 11.5 Å². The lowest BCUT2D eigenvalue weighted by atomic mass is 9.66. The van der Waals surface area contributed by atoms with Crippen molar-refractivity contribution in [3.8, 4) is 22.5 Å². The van der Waals surface area contributed by atoms with Crippen molar-refractivity contribution in [3.05, 3.63) is 239 Å². The molecule has 0 aliphatic carbocycles. The van der Waals surface area contributed by atoms with E-state index in [0.717, 1.165) is 56.0 Å². The number of hydrogen-bond acceptors (Lipinski definition) is 3. The molecule has 1 aliphatic heterocycles. The van der Waals surface area contributed by atoms with Crippen LogP contribution in [0.4, 0.5) is 5.69 Å². The lowest BCUT2D eigenvalue weighted by Gasteiger charge is -2.50. The van der Waals surface area contributed by atoms with E-state index >= 15 is 0 Å². The van der Waals surface area contributed by atoms with E-state index in [1.165, 1.54) is 66.2 Å². The fraction of sp³-hybridized carbons (Fsp3) is 0.239. The summed E-state index contributed by atoms with van der Waals surface area (Å²) in [7, 11) is 0. The van der Waals surface area contributed by atoms with Gasteiger partial charge in [-0.1, -0.05) is 156 Å². The van der Waals surface area contributed by atoms with Gasteiger partial charge in [-0.15, -0.1) is 0 Å². The van der Waals surface area contributed by atoms with Gasteiger partial charge in [-0.25, -0.2) is 4.98 Å². The number of aromatic nitrogens is 3. The van der Waals surface area contributed by atoms with Gasteiger partial charge in [0.05, 0.1) is 33.3 Å². The topological polar surface area (TPSA) is 38.4 Å². The molecule has 378 valence electrons. The van der Waals surface area contributed by atoms with Crippen molar-refractivity contribution in [2.24, 2.45) is 4.99 Å². The molecular formula is C71H69N5. The molecule has 0 saturated carbocycles. The molecule has 0 bridgehead atoms. The maximum absolute atomic E-state index is 6.02. The lowest BCUT2D eigenvalue weighted by Crippen LogP contribution is -2.60. The fourth-order valence-electron chi connectivity index (χ4n) is 12.4. The molecule has 5 nitrogen and oxygen atoms in total. The Balaban J connectivity index is 1.11. The highest BCUT2D eigenvalue weighted by atomic mass is 15.3. The molecule has 0 N–H and O–H groups in total. The van der Waals surface area contributed by atoms with Crippen LogP contribution in [0.1, 0.15) is 113 Å². The van der Waals surface area contributed by atoms with E-state index in [1.807, 2.05) is 6.20 Å². The average Bonchev–Trinajstić information content (AvgIpc) is 4.05. The Morgan fingerprint density at radius 1 is 0.447 bits per heavy atom. The molecule has 0 fully saturated rings. The Bertz CT molecular complexity index is 4010. The van der Waals surface area contributed by atoms with Crippen LogP contribution in [0.15, 0.2) is 199 Å². The van der Waals surface area contributed by atoms with E-state index in [4.69, 9.17) is 9.98 Å². The number of hydrogen-bond donors (Lipinski definition) is 0. The molecule has 0 amide bonds. The van der Waals surface area contributed by atoms with Gasteiger partial charge in [0.15, 0.2) is 0 Å². The predicted molar refractivity (Wildman–Crippen MR) is 323 cm³/mol. The maximum Gasteiger partial charge on any atom is 0.145 e. The summed E-state index contributed by atoms with van der Waals surface area (Å²) in [6.45, 7) is 27.9. The quantitative estimate of drug-likeness (QED) is 0.152. The molecular weight excluding hydrogens is 923 g/mol. The summed E-state index contributed by atoms with van der Waals surface area (Å²) in [6.07, 6.45) is 1.92. The zero-order valence-electron chi connectivity index (χ0n) is 46.3. The van der Waals surface area contributed by atoms with Crippen molar-refractivity contribution in [2.45, 2.75) is 111 Å². The van der Waals surface area contributed by atoms with Crippen LogP contribution in [-0.2, 0) is 10.8 Å². The molecule has 0 saturated heterocycles. The highest BCUT2D eigenvalue weighted by Crippen LogP contribution is 2.54. The van der Waals surface area contributed by atoms with Crippen LogP contribution in [0, 0.1) is 20.8 Å². The zero-order chi connectivity index (χ0) is 53.1. The van der Waals surface area contributed by atoms with Crippen molar-refractivity contribution in [1.29, 1.82) is 0 Å². The number of anilines is 1. The van der Waals surface area contributed by atoms with E-state index in [9.17, 15) is 0 Å². The normalized spacial score (nSPS) is 16.0. The first-order chi connectivity index (χ1) is 36.3. The van der Waals surface area contributed by atoms with Crippen LogP contribution in [0.3, 0.4) is 0 Å². The van der Waals surface area contributed by atoms with Crippen molar-refractivity contribution in [2.75, 3.05) is 4.90 Å². The molecule has 8 aromatic carbocycles. The summed E-state index contributed by atoms with van der Waals surface area (Å²) < 4.78 is 4.88. The van der Waals surface area contributed by atoms with Crippen LogP contribution in [0.25, 0.3) is 66.2 Å². The van der Waals surface area contributed by atoms with Crippen LogP contribution in [0.5, 0.6) is 0 Å². The second kappa shape index (κ2) is 17.8. The number of pyridine rings is 1. The van der Waals surface area contributed by atoms with Gasteiger partial charge in [0.25, 0.3) is 0 Å². The summed E-state index contributed by atoms with van der Waals surface area (Å²) in [4.78, 5) is 13.8. The summed E-state index contributed by atoms with van der Waals surface area (Å²) >= 11 is 0. The number of rotatable bonds is 8. The molecule has 4 heterocycles. The van der Waals surface area contributed by atoms with Gasteiger partial charge in [-0.2, -0.15) is 0 Å². The molecule has 0 unspecified atom stereocenters. The third-order valence-electron chi connectivity index (χ3n) is 16.7. The molecule has 0 spiro atoms. The Labute approximate surface area is 449 Å². The SMILES string of the molecule is Cc1cc(C2=NC(C)(C)[C@](C)(C(c3ccccc3)c3ccccc3)N2c2cc(C(C)(C)C)cc(C(C)(C)C)c2)cc(-n2c3ccc(C)cc3c3cc(C)c(-n4c5ccc(-c6ccccc6)cc5c5cccnc54)cc32)c1. The molecule has 76 heavy (non-hydrogen) atoms. The van der Waals surface area contributed by atoms with Crippen molar-refractivity contribution >= 4 is 55.3 Å². The van der Waals surface area contributed by atoms with E-state index in [1.54, 1.807) is 0 Å². The number of aliphatic imine (C=N–C) groups is 1. The van der Waals surface area contributed by atoms with Gasteiger partial charge in [-0.3, -0.25) is 9.56 Å². The molecule has 0 radical (unpaired) electrons. The van der Waals surface area contributed by atoms with E-state index in [0.29, 0.717) is 0 Å². The van der Waals surface area contributed by atoms with Crippen LogP contribution in [0.2, 0.25) is 0 Å². The largest absolute Gasteiger partial charge is 0.317 e. The molecule has 11 aromatic rings. The number of nitrogens with zero attached hydrogens (tertiary/aromatic N) is 5. The first-order valence-electron chi connectivity index (χ1n) is 27.1. The summed E-state index contributed by atoms with van der Waals surface area (Å²) in [5, 5.41) is 4.77. The minimum Gasteiger partial charge on any atom is -0.317 e. The molecule has 1 atom stereocenters. The molecule has 12 rings (SSSR count). The Morgan fingerprint density at radius 3 is 1.68 bits per heavy atom. The second-order valence-electron chi connectivity index (χ2n) is 24.4. The Kier molecular flexibility index (Phi) is 11.5. The van der Waals surface area contributed by atoms with Crippen molar-refractivity contribution in [3.63, 3.8) is 0 Å². The van der Waals surface area contributed by atoms with Crippen LogP contribution < -0.4 is 4.90 Å². The third kappa shape index (κ3) is 7.97. The number of benzene rings is 8. The predicted octanol–water partition coefficient (Wildman–Crippen LogP) is 18.1. The van der Waals surface area contributed by atoms with Crippen LogP contribution >= 0.6 is 0 Å². The monoisotopic (exact) mass is 992 g/mol. The van der Waals surface area contributed by atoms with E-state index in [-0.39, 0.29) is 16.7 Å². The minimum absolute atomic E-state index is 0.0469. The van der Waals surface area contributed by atoms with E-state index < -0.39 is 11.1 Å². The first kappa shape index (κ1) is 48.9. The van der Waals surface area contributed by atoms with Gasteiger partial charge in [0, 0.05) is 50.6 Å². The summed E-state index contributed by atoms with van der Waals surface area (Å²) in [5.41, 5.74) is 18.6. The number of fused-ring (bicyclic) bond motifs is 6. The maximum atomic E-state index is 6.02. The zero-order valence-corrected chi connectivity index (χ0v) is 46.3. The third-order valence-corrected chi connectivity index (χ3v) is 16.7. The standard InChI is InChI=1S/C71H69N5/c1-45-30-32-61-58(37-45)59-38-47(3)63(75-62-33-31-51(48-23-16-13-17-24-48)40-60(62)57-29-22-34-72-67(57)75)44-64(59)74(61)55-36-46(2)35-52(39-55)66-73-70(10,11)71(12,65(49-25-18-14-19-26-49)50-27-20-15-21-28-50)76(66)56-42-53(68(4,5)6)41-54(43-56)69(7,8)9/h13-44,65H,1-12H3/t71-/m0/s1. The minimum atomic E-state index is -0.588. The molecule has 1 aliphatic rings. The van der Waals surface area contributed by atoms with Gasteiger partial charge >= 0.3 is 0 Å². The summed E-state index contributed by atoms with van der Waals surface area (Å²) in [6, 6.07) is 70.2. The van der Waals surface area contributed by atoms with Crippen molar-refractivity contribution < 1.29 is 0 Å². The van der Waals surface area contributed by atoms with E-state index in [2.05, 4.69) is 285 Å². The molecule has 3 aromatic heterocycles. The highest BCUT2D eigenvalue weighted by molar-refractivity contribution is 6.15.